The van der Waals surface area contributed by atoms with E-state index in [9.17, 15) is 0 Å². The van der Waals surface area contributed by atoms with Crippen molar-refractivity contribution < 1.29 is 9.47 Å². The maximum absolute atomic E-state index is 5.93. The van der Waals surface area contributed by atoms with E-state index in [4.69, 9.17) is 9.47 Å². The maximum atomic E-state index is 5.93. The van der Waals surface area contributed by atoms with E-state index < -0.39 is 0 Å². The van der Waals surface area contributed by atoms with Gasteiger partial charge in [-0.2, -0.15) is 0 Å². The van der Waals surface area contributed by atoms with Gasteiger partial charge in [-0.25, -0.2) is 0 Å². The summed E-state index contributed by atoms with van der Waals surface area (Å²) in [6, 6.07) is 8.66. The standard InChI is InChI=1S/C17H25NO2/c1-2-16-14(8-10-19-16)11-18-12-17-15-6-4-3-5-13(15)7-9-20-17/h3-6,14,16-18H,2,7-12H2,1H3. The van der Waals surface area contributed by atoms with Crippen LogP contribution in [0.4, 0.5) is 0 Å². The Morgan fingerprint density at radius 3 is 2.95 bits per heavy atom. The summed E-state index contributed by atoms with van der Waals surface area (Å²) in [6.07, 6.45) is 4.01. The second-order valence-corrected chi connectivity index (χ2v) is 5.83. The zero-order valence-electron chi connectivity index (χ0n) is 12.3. The number of nitrogens with one attached hydrogen (secondary N) is 1. The van der Waals surface area contributed by atoms with Crippen molar-refractivity contribution in [2.75, 3.05) is 26.3 Å². The normalized spacial score (nSPS) is 29.4. The molecular weight excluding hydrogens is 250 g/mol. The minimum Gasteiger partial charge on any atom is -0.378 e. The lowest BCUT2D eigenvalue weighted by Crippen LogP contribution is -2.33. The third kappa shape index (κ3) is 3.05. The average molecular weight is 275 g/mol. The number of hydrogen-bond acceptors (Lipinski definition) is 3. The van der Waals surface area contributed by atoms with Crippen molar-refractivity contribution in [2.24, 2.45) is 5.92 Å². The van der Waals surface area contributed by atoms with Crippen molar-refractivity contribution in [3.8, 4) is 0 Å². The van der Waals surface area contributed by atoms with E-state index in [1.54, 1.807) is 0 Å². The Morgan fingerprint density at radius 1 is 1.15 bits per heavy atom. The molecule has 2 aliphatic rings. The van der Waals surface area contributed by atoms with Crippen molar-refractivity contribution in [3.05, 3.63) is 35.4 Å². The molecule has 0 aliphatic carbocycles. The highest BCUT2D eigenvalue weighted by Gasteiger charge is 2.27. The lowest BCUT2D eigenvalue weighted by molar-refractivity contribution is 0.0402. The fourth-order valence-electron chi connectivity index (χ4n) is 3.42. The van der Waals surface area contributed by atoms with Crippen molar-refractivity contribution in [3.63, 3.8) is 0 Å². The Balaban J connectivity index is 1.52. The molecule has 1 aromatic rings. The summed E-state index contributed by atoms with van der Waals surface area (Å²) in [7, 11) is 0. The van der Waals surface area contributed by atoms with Crippen LogP contribution >= 0.6 is 0 Å². The first-order valence-electron chi connectivity index (χ1n) is 7.90. The van der Waals surface area contributed by atoms with Crippen LogP contribution in [0.3, 0.4) is 0 Å². The van der Waals surface area contributed by atoms with Crippen LogP contribution in [0.1, 0.15) is 37.0 Å². The predicted octanol–water partition coefficient (Wildman–Crippen LogP) is 2.71. The van der Waals surface area contributed by atoms with Crippen LogP contribution in [0.25, 0.3) is 0 Å². The van der Waals surface area contributed by atoms with Crippen molar-refractivity contribution in [2.45, 2.75) is 38.4 Å². The third-order valence-corrected chi connectivity index (χ3v) is 4.58. The van der Waals surface area contributed by atoms with Gasteiger partial charge >= 0.3 is 0 Å². The average Bonchev–Trinajstić information content (AvgIpc) is 2.95. The molecule has 3 rings (SSSR count). The first-order valence-corrected chi connectivity index (χ1v) is 7.90. The minimum atomic E-state index is 0.211. The number of hydrogen-bond donors (Lipinski definition) is 1. The van der Waals surface area contributed by atoms with Crippen LogP contribution in [0, 0.1) is 5.92 Å². The molecule has 20 heavy (non-hydrogen) atoms. The number of benzene rings is 1. The molecule has 0 spiro atoms. The summed E-state index contributed by atoms with van der Waals surface area (Å²) in [5, 5.41) is 3.60. The summed E-state index contributed by atoms with van der Waals surface area (Å²) in [4.78, 5) is 0. The van der Waals surface area contributed by atoms with E-state index in [2.05, 4.69) is 36.5 Å². The van der Waals surface area contributed by atoms with Gasteiger partial charge in [0.25, 0.3) is 0 Å². The van der Waals surface area contributed by atoms with Crippen LogP contribution in [0.5, 0.6) is 0 Å². The molecule has 1 fully saturated rings. The molecule has 0 bridgehead atoms. The second kappa shape index (κ2) is 6.70. The first-order chi connectivity index (χ1) is 9.88. The summed E-state index contributed by atoms with van der Waals surface area (Å²) >= 11 is 0. The van der Waals surface area contributed by atoms with E-state index in [0.717, 1.165) is 39.1 Å². The third-order valence-electron chi connectivity index (χ3n) is 4.58. The summed E-state index contributed by atoms with van der Waals surface area (Å²) < 4.78 is 11.7. The Kier molecular flexibility index (Phi) is 4.71. The fraction of sp³-hybridized carbons (Fsp3) is 0.647. The molecule has 0 amide bonds. The molecule has 3 heteroatoms. The van der Waals surface area contributed by atoms with Gasteiger partial charge in [-0.05, 0) is 36.3 Å². The van der Waals surface area contributed by atoms with Crippen molar-refractivity contribution >= 4 is 0 Å². The number of ether oxygens (including phenoxy) is 2. The van der Waals surface area contributed by atoms with E-state index >= 15 is 0 Å². The molecule has 1 saturated heterocycles. The first kappa shape index (κ1) is 14.1. The number of rotatable bonds is 5. The molecule has 1 aromatic carbocycles. The highest BCUT2D eigenvalue weighted by Crippen LogP contribution is 2.27. The van der Waals surface area contributed by atoms with Gasteiger partial charge in [-0.1, -0.05) is 31.2 Å². The van der Waals surface area contributed by atoms with E-state index in [-0.39, 0.29) is 6.10 Å². The van der Waals surface area contributed by atoms with Crippen LogP contribution in [-0.2, 0) is 15.9 Å². The van der Waals surface area contributed by atoms with Gasteiger partial charge in [-0.3, -0.25) is 0 Å². The fourth-order valence-corrected chi connectivity index (χ4v) is 3.42. The van der Waals surface area contributed by atoms with Crippen molar-refractivity contribution in [1.82, 2.24) is 5.32 Å². The predicted molar refractivity (Wildman–Crippen MR) is 79.8 cm³/mol. The highest BCUT2D eigenvalue weighted by molar-refractivity contribution is 5.31. The Labute approximate surface area is 121 Å². The van der Waals surface area contributed by atoms with Gasteiger partial charge in [-0.15, -0.1) is 0 Å². The van der Waals surface area contributed by atoms with E-state index in [0.29, 0.717) is 12.0 Å². The molecule has 3 nitrogen and oxygen atoms in total. The molecule has 110 valence electrons. The summed E-state index contributed by atoms with van der Waals surface area (Å²) in [5.41, 5.74) is 2.81. The largest absolute Gasteiger partial charge is 0.378 e. The van der Waals surface area contributed by atoms with Gasteiger partial charge in [0.2, 0.25) is 0 Å². The highest BCUT2D eigenvalue weighted by atomic mass is 16.5. The Morgan fingerprint density at radius 2 is 2.05 bits per heavy atom. The van der Waals surface area contributed by atoms with Crippen LogP contribution < -0.4 is 5.32 Å². The lowest BCUT2D eigenvalue weighted by Gasteiger charge is -2.27. The van der Waals surface area contributed by atoms with Gasteiger partial charge in [0.1, 0.15) is 0 Å². The zero-order chi connectivity index (χ0) is 13.8. The lowest BCUT2D eigenvalue weighted by atomic mass is 9.97. The van der Waals surface area contributed by atoms with Crippen LogP contribution in [0.2, 0.25) is 0 Å². The van der Waals surface area contributed by atoms with E-state index in [1.165, 1.54) is 17.5 Å². The van der Waals surface area contributed by atoms with Crippen molar-refractivity contribution in [1.29, 1.82) is 0 Å². The molecule has 0 radical (unpaired) electrons. The molecular formula is C17H25NO2. The summed E-state index contributed by atoms with van der Waals surface area (Å²) in [5.74, 6) is 0.666. The molecule has 2 aliphatic heterocycles. The van der Waals surface area contributed by atoms with E-state index in [1.807, 2.05) is 0 Å². The molecule has 3 atom stereocenters. The van der Waals surface area contributed by atoms with Crippen LogP contribution in [0.15, 0.2) is 24.3 Å². The zero-order valence-corrected chi connectivity index (χ0v) is 12.3. The molecule has 1 N–H and O–H groups in total. The van der Waals surface area contributed by atoms with Gasteiger partial charge in [0.15, 0.2) is 0 Å². The topological polar surface area (TPSA) is 30.5 Å². The minimum absolute atomic E-state index is 0.211. The Bertz CT molecular complexity index is 435. The Hall–Kier alpha value is -0.900. The molecule has 0 saturated carbocycles. The maximum Gasteiger partial charge on any atom is 0.0952 e. The summed E-state index contributed by atoms with van der Waals surface area (Å²) in [6.45, 7) is 5.93. The number of fused-ring (bicyclic) bond motifs is 1. The van der Waals surface area contributed by atoms with Gasteiger partial charge < -0.3 is 14.8 Å². The molecule has 2 heterocycles. The monoisotopic (exact) mass is 275 g/mol. The van der Waals surface area contributed by atoms with Crippen LogP contribution in [-0.4, -0.2) is 32.4 Å². The smallest absolute Gasteiger partial charge is 0.0952 e. The quantitative estimate of drug-likeness (QED) is 0.896. The molecule has 3 unspecified atom stereocenters. The second-order valence-electron chi connectivity index (χ2n) is 5.83. The SMILES string of the molecule is CCC1OCCC1CNCC1OCCc2ccccc21. The van der Waals surface area contributed by atoms with Gasteiger partial charge in [0, 0.05) is 19.7 Å². The van der Waals surface area contributed by atoms with Gasteiger partial charge in [0.05, 0.1) is 18.8 Å². The molecule has 0 aromatic heterocycles.